The topological polar surface area (TPSA) is 46.2 Å². The van der Waals surface area contributed by atoms with Crippen LogP contribution in [0.4, 0.5) is 4.39 Å². The van der Waals surface area contributed by atoms with Gasteiger partial charge < -0.3 is 10.8 Å². The molecule has 0 radical (unpaired) electrons. The largest absolute Gasteiger partial charge is 0.396 e. The number of aliphatic hydroxyl groups is 1. The first-order valence-corrected chi connectivity index (χ1v) is 5.25. The molecule has 0 saturated heterocycles. The average molecular weight is 283 g/mol. The maximum atomic E-state index is 13.5. The highest BCUT2D eigenvalue weighted by molar-refractivity contribution is 9.10. The number of benzene rings is 1. The molecule has 1 atom stereocenters. The Labute approximate surface area is 95.0 Å². The Balaban J connectivity index is 3.11. The van der Waals surface area contributed by atoms with Gasteiger partial charge in [-0.05, 0) is 34.5 Å². The van der Waals surface area contributed by atoms with E-state index in [0.717, 1.165) is 0 Å². The van der Waals surface area contributed by atoms with Crippen molar-refractivity contribution in [3.63, 3.8) is 0 Å². The minimum absolute atomic E-state index is 0.0938. The molecule has 0 amide bonds. The van der Waals surface area contributed by atoms with Crippen molar-refractivity contribution < 1.29 is 9.50 Å². The highest BCUT2D eigenvalue weighted by Gasteiger charge is 2.17. The van der Waals surface area contributed by atoms with Crippen molar-refractivity contribution in [2.75, 3.05) is 6.61 Å². The van der Waals surface area contributed by atoms with E-state index in [1.54, 1.807) is 6.07 Å². The Morgan fingerprint density at radius 1 is 1.57 bits per heavy atom. The predicted octanol–water partition coefficient (Wildman–Crippen LogP) is 2.62. The maximum Gasteiger partial charge on any atom is 0.143 e. The van der Waals surface area contributed by atoms with Gasteiger partial charge >= 0.3 is 0 Å². The van der Waals surface area contributed by atoms with Gasteiger partial charge in [0.25, 0.3) is 0 Å². The van der Waals surface area contributed by atoms with Crippen LogP contribution in [0.5, 0.6) is 0 Å². The summed E-state index contributed by atoms with van der Waals surface area (Å²) in [5.74, 6) is -0.460. The van der Waals surface area contributed by atoms with Crippen LogP contribution in [0, 0.1) is 5.82 Å². The fraction of sp³-hybridized carbons (Fsp3) is 0.333. The van der Waals surface area contributed by atoms with Crippen LogP contribution in [0.1, 0.15) is 18.0 Å². The summed E-state index contributed by atoms with van der Waals surface area (Å²) in [7, 11) is 0. The van der Waals surface area contributed by atoms with E-state index in [0.29, 0.717) is 4.47 Å². The van der Waals surface area contributed by atoms with E-state index >= 15 is 0 Å². The molecule has 2 nitrogen and oxygen atoms in total. The molecule has 1 aromatic rings. The van der Waals surface area contributed by atoms with Gasteiger partial charge in [0, 0.05) is 23.2 Å². The van der Waals surface area contributed by atoms with Crippen molar-refractivity contribution in [3.05, 3.63) is 33.0 Å². The minimum atomic E-state index is -0.579. The summed E-state index contributed by atoms with van der Waals surface area (Å²) in [6, 6.07) is 2.51. The van der Waals surface area contributed by atoms with E-state index in [-0.39, 0.29) is 23.6 Å². The third kappa shape index (κ3) is 2.45. The summed E-state index contributed by atoms with van der Waals surface area (Å²) in [6.45, 7) is -0.0938. The van der Waals surface area contributed by atoms with Gasteiger partial charge in [0.15, 0.2) is 0 Å². The highest BCUT2D eigenvalue weighted by atomic mass is 79.9. The molecule has 1 unspecified atom stereocenters. The molecule has 0 heterocycles. The van der Waals surface area contributed by atoms with Crippen LogP contribution in [0.15, 0.2) is 16.6 Å². The lowest BCUT2D eigenvalue weighted by molar-refractivity contribution is 0.275. The van der Waals surface area contributed by atoms with Crippen molar-refractivity contribution in [2.24, 2.45) is 5.73 Å². The van der Waals surface area contributed by atoms with Crippen LogP contribution in [0.25, 0.3) is 0 Å². The summed E-state index contributed by atoms with van der Waals surface area (Å²) in [5.41, 5.74) is 5.92. The average Bonchev–Trinajstić information content (AvgIpc) is 2.13. The summed E-state index contributed by atoms with van der Waals surface area (Å²) < 4.78 is 13.9. The minimum Gasteiger partial charge on any atom is -0.396 e. The lowest BCUT2D eigenvalue weighted by atomic mass is 10.0. The molecule has 0 saturated carbocycles. The maximum absolute atomic E-state index is 13.5. The Hall–Kier alpha value is -0.160. The van der Waals surface area contributed by atoms with Crippen molar-refractivity contribution in [1.29, 1.82) is 0 Å². The molecular formula is C9H10BrClFNO. The second kappa shape index (κ2) is 5.07. The quantitative estimate of drug-likeness (QED) is 0.837. The van der Waals surface area contributed by atoms with Gasteiger partial charge in [0.1, 0.15) is 5.82 Å². The molecule has 1 rings (SSSR count). The van der Waals surface area contributed by atoms with E-state index < -0.39 is 11.9 Å². The van der Waals surface area contributed by atoms with E-state index in [1.807, 2.05) is 0 Å². The molecule has 14 heavy (non-hydrogen) atoms. The van der Waals surface area contributed by atoms with Crippen LogP contribution in [-0.2, 0) is 0 Å². The monoisotopic (exact) mass is 281 g/mol. The van der Waals surface area contributed by atoms with Gasteiger partial charge in [-0.3, -0.25) is 0 Å². The van der Waals surface area contributed by atoms with Crippen molar-refractivity contribution >= 4 is 27.5 Å². The zero-order valence-corrected chi connectivity index (χ0v) is 9.65. The molecule has 0 aliphatic rings. The van der Waals surface area contributed by atoms with E-state index in [1.165, 1.54) is 6.07 Å². The van der Waals surface area contributed by atoms with E-state index in [2.05, 4.69) is 15.9 Å². The second-order valence-electron chi connectivity index (χ2n) is 2.88. The van der Waals surface area contributed by atoms with Crippen LogP contribution in [-0.4, -0.2) is 11.7 Å². The highest BCUT2D eigenvalue weighted by Crippen LogP contribution is 2.30. The third-order valence-corrected chi connectivity index (χ3v) is 2.83. The molecule has 1 aromatic carbocycles. The van der Waals surface area contributed by atoms with Crippen molar-refractivity contribution in [1.82, 2.24) is 0 Å². The molecule has 0 spiro atoms. The number of halogens is 3. The first kappa shape index (κ1) is 11.9. The Kier molecular flexibility index (Phi) is 4.31. The number of nitrogens with two attached hydrogens (primary N) is 1. The summed E-state index contributed by atoms with van der Waals surface area (Å²) >= 11 is 8.86. The molecule has 0 fully saturated rings. The fourth-order valence-electron chi connectivity index (χ4n) is 1.17. The predicted molar refractivity (Wildman–Crippen MR) is 57.7 cm³/mol. The van der Waals surface area contributed by atoms with Crippen LogP contribution in [0.2, 0.25) is 5.02 Å². The summed E-state index contributed by atoms with van der Waals surface area (Å²) in [4.78, 5) is 0. The van der Waals surface area contributed by atoms with Gasteiger partial charge in [-0.25, -0.2) is 4.39 Å². The van der Waals surface area contributed by atoms with E-state index in [9.17, 15) is 4.39 Å². The molecule has 5 heteroatoms. The number of hydrogen-bond acceptors (Lipinski definition) is 2. The molecule has 0 bridgehead atoms. The molecule has 0 aromatic heterocycles. The van der Waals surface area contributed by atoms with Crippen molar-refractivity contribution in [3.8, 4) is 0 Å². The number of rotatable bonds is 3. The van der Waals surface area contributed by atoms with Gasteiger partial charge in [-0.1, -0.05) is 11.6 Å². The zero-order valence-electron chi connectivity index (χ0n) is 7.30. The van der Waals surface area contributed by atoms with Gasteiger partial charge in [-0.2, -0.15) is 0 Å². The Bertz CT molecular complexity index is 335. The van der Waals surface area contributed by atoms with Gasteiger partial charge in [0.05, 0.1) is 4.47 Å². The molecule has 0 aliphatic carbocycles. The summed E-state index contributed by atoms with van der Waals surface area (Å²) in [5, 5.41) is 8.98. The fourth-order valence-corrected chi connectivity index (χ4v) is 1.80. The molecular weight excluding hydrogens is 272 g/mol. The molecule has 3 N–H and O–H groups in total. The van der Waals surface area contributed by atoms with Gasteiger partial charge in [-0.15, -0.1) is 0 Å². The van der Waals surface area contributed by atoms with Crippen LogP contribution < -0.4 is 5.73 Å². The second-order valence-corrected chi connectivity index (χ2v) is 4.14. The zero-order chi connectivity index (χ0) is 10.7. The standard InChI is InChI=1S/C9H10BrClFNO/c10-5-1-2-6(11)8(9(5)12)7(13)3-4-14/h1-2,7,14H,3-4,13H2. The van der Waals surface area contributed by atoms with Crippen molar-refractivity contribution in [2.45, 2.75) is 12.5 Å². The number of aliphatic hydroxyl groups excluding tert-OH is 1. The van der Waals surface area contributed by atoms with E-state index in [4.69, 9.17) is 22.4 Å². The first-order chi connectivity index (χ1) is 6.57. The molecule has 78 valence electrons. The lowest BCUT2D eigenvalue weighted by Crippen LogP contribution is -2.14. The first-order valence-electron chi connectivity index (χ1n) is 4.07. The Morgan fingerprint density at radius 3 is 2.79 bits per heavy atom. The SMILES string of the molecule is NC(CCO)c1c(Cl)ccc(Br)c1F. The molecule has 0 aliphatic heterocycles. The number of hydrogen-bond donors (Lipinski definition) is 2. The van der Waals surface area contributed by atoms with Gasteiger partial charge in [0.2, 0.25) is 0 Å². The van der Waals surface area contributed by atoms with Crippen LogP contribution in [0.3, 0.4) is 0 Å². The Morgan fingerprint density at radius 2 is 2.21 bits per heavy atom. The normalized spacial score (nSPS) is 12.9. The summed E-state index contributed by atoms with van der Waals surface area (Å²) in [6.07, 6.45) is 0.285. The van der Waals surface area contributed by atoms with Crippen LogP contribution >= 0.6 is 27.5 Å². The lowest BCUT2D eigenvalue weighted by Gasteiger charge is -2.14. The third-order valence-electron chi connectivity index (χ3n) is 1.89. The smallest absolute Gasteiger partial charge is 0.143 e.